The molecule has 1 atom stereocenters. The summed E-state index contributed by atoms with van der Waals surface area (Å²) in [5.41, 5.74) is 8.20. The minimum absolute atomic E-state index is 0.299. The fourth-order valence-electron chi connectivity index (χ4n) is 5.79. The number of rotatable bonds is 8. The van der Waals surface area contributed by atoms with E-state index < -0.39 is 0 Å². The van der Waals surface area contributed by atoms with E-state index in [1.807, 2.05) is 32.6 Å². The third kappa shape index (κ3) is 11.4. The van der Waals surface area contributed by atoms with E-state index in [-0.39, 0.29) is 0 Å². The Bertz CT molecular complexity index is 1360. The third-order valence-corrected chi connectivity index (χ3v) is 8.07. The SMILES string of the molecule is CC1=[N+](C(C)C)N=NC1C(C)C.Cc1c(C(C)C)nnn1C(C)C.Cc1nnn(C(C)C)c1C(C)C.Cc1nnn(C(C)C)c1C(C)C. The Morgan fingerprint density at radius 1 is 0.521 bits per heavy atom. The van der Waals surface area contributed by atoms with Crippen LogP contribution in [0.15, 0.2) is 10.3 Å². The van der Waals surface area contributed by atoms with Crippen molar-refractivity contribution in [1.29, 1.82) is 0 Å². The maximum atomic E-state index is 4.23. The highest BCUT2D eigenvalue weighted by atomic mass is 15.5. The van der Waals surface area contributed by atoms with Crippen LogP contribution in [0.5, 0.6) is 0 Å². The van der Waals surface area contributed by atoms with Gasteiger partial charge in [0.05, 0.1) is 34.2 Å². The Kier molecular flexibility index (Phi) is 16.9. The van der Waals surface area contributed by atoms with Crippen LogP contribution in [0.1, 0.15) is 188 Å². The average molecular weight is 670 g/mol. The average Bonchev–Trinajstić information content (AvgIpc) is 3.74. The van der Waals surface area contributed by atoms with E-state index in [0.29, 0.717) is 53.9 Å². The van der Waals surface area contributed by atoms with E-state index in [2.05, 4.69) is 166 Å². The maximum Gasteiger partial charge on any atom is 0.227 e. The molecule has 0 radical (unpaired) electrons. The van der Waals surface area contributed by atoms with Gasteiger partial charge in [0.15, 0.2) is 5.71 Å². The van der Waals surface area contributed by atoms with Crippen LogP contribution in [-0.4, -0.2) is 67.5 Å². The molecule has 0 aliphatic carbocycles. The van der Waals surface area contributed by atoms with Crippen molar-refractivity contribution < 1.29 is 4.68 Å². The first-order chi connectivity index (χ1) is 22.1. The summed E-state index contributed by atoms with van der Waals surface area (Å²) in [5.74, 6) is 2.03. The summed E-state index contributed by atoms with van der Waals surface area (Å²) in [6.45, 7) is 42.5. The summed E-state index contributed by atoms with van der Waals surface area (Å²) in [7, 11) is 0. The first-order valence-corrected chi connectivity index (χ1v) is 17.9. The highest BCUT2D eigenvalue weighted by Gasteiger charge is 2.33. The molecule has 0 saturated heterocycles. The van der Waals surface area contributed by atoms with Crippen molar-refractivity contribution in [3.05, 3.63) is 34.2 Å². The summed E-state index contributed by atoms with van der Waals surface area (Å²) >= 11 is 0. The van der Waals surface area contributed by atoms with Crippen molar-refractivity contribution >= 4 is 5.71 Å². The zero-order valence-corrected chi connectivity index (χ0v) is 34.1. The maximum absolute atomic E-state index is 4.23. The molecule has 4 rings (SSSR count). The second-order valence-electron chi connectivity index (χ2n) is 15.2. The summed E-state index contributed by atoms with van der Waals surface area (Å²) in [6, 6.07) is 1.95. The molecule has 1 aliphatic rings. The van der Waals surface area contributed by atoms with E-state index in [9.17, 15) is 0 Å². The van der Waals surface area contributed by atoms with Gasteiger partial charge in [-0.3, -0.25) is 0 Å². The van der Waals surface area contributed by atoms with Gasteiger partial charge in [-0.1, -0.05) is 71.0 Å². The highest BCUT2D eigenvalue weighted by molar-refractivity contribution is 5.83. The minimum Gasteiger partial charge on any atom is -0.247 e. The lowest BCUT2D eigenvalue weighted by Gasteiger charge is -2.12. The van der Waals surface area contributed by atoms with Crippen LogP contribution in [0.2, 0.25) is 0 Å². The number of hydrogen-bond acceptors (Lipinski definition) is 8. The Morgan fingerprint density at radius 2 is 0.917 bits per heavy atom. The van der Waals surface area contributed by atoms with Crippen LogP contribution in [0.25, 0.3) is 0 Å². The molecule has 0 bridgehead atoms. The first kappa shape index (κ1) is 42.7. The molecule has 4 heterocycles. The largest absolute Gasteiger partial charge is 0.247 e. The summed E-state index contributed by atoms with van der Waals surface area (Å²) in [6.07, 6.45) is 0. The molecule has 1 unspecified atom stereocenters. The van der Waals surface area contributed by atoms with Crippen LogP contribution in [0.4, 0.5) is 0 Å². The fraction of sp³-hybridized carbons (Fsp3) is 0.806. The first-order valence-electron chi connectivity index (χ1n) is 17.9. The number of aromatic nitrogens is 9. The van der Waals surface area contributed by atoms with Crippen molar-refractivity contribution in [3.63, 3.8) is 0 Å². The van der Waals surface area contributed by atoms with Crippen molar-refractivity contribution in [2.45, 2.75) is 186 Å². The van der Waals surface area contributed by atoms with Crippen LogP contribution in [0, 0.1) is 26.7 Å². The molecule has 12 nitrogen and oxygen atoms in total. The summed E-state index contributed by atoms with van der Waals surface area (Å²) in [5, 5.41) is 33.0. The molecule has 12 heteroatoms. The smallest absolute Gasteiger partial charge is 0.227 e. The van der Waals surface area contributed by atoms with E-state index in [1.165, 1.54) is 22.8 Å². The lowest BCUT2D eigenvalue weighted by Crippen LogP contribution is -2.27. The van der Waals surface area contributed by atoms with Gasteiger partial charge in [0, 0.05) is 36.1 Å². The number of aryl methyl sites for hydroxylation is 2. The molecule has 0 N–H and O–H groups in total. The predicted octanol–water partition coefficient (Wildman–Crippen LogP) is 9.15. The van der Waals surface area contributed by atoms with E-state index in [1.54, 1.807) is 0 Å². The predicted molar refractivity (Wildman–Crippen MR) is 197 cm³/mol. The molecule has 0 saturated carbocycles. The quantitative estimate of drug-likeness (QED) is 0.221. The molecular formula is C36H69N12+. The van der Waals surface area contributed by atoms with Crippen LogP contribution < -0.4 is 0 Å². The Balaban J connectivity index is 0.000000320. The monoisotopic (exact) mass is 670 g/mol. The molecule has 3 aromatic rings. The van der Waals surface area contributed by atoms with Gasteiger partial charge < -0.3 is 0 Å². The van der Waals surface area contributed by atoms with Gasteiger partial charge in [0.2, 0.25) is 6.04 Å². The standard InChI is InChI=1S/C9H18N3.3C9H17N3/c2*1-6(2)9-8(5)12(7(3)4)11-10-9;2*1-6(2)9-8(5)10-11-12(9)7(3)4/h6-7,9H,1-5H3;3*6-7H,1-5H3/q+1;;;. The van der Waals surface area contributed by atoms with Gasteiger partial charge in [-0.15, -0.1) is 20.0 Å². The molecule has 0 amide bonds. The molecule has 48 heavy (non-hydrogen) atoms. The van der Waals surface area contributed by atoms with Gasteiger partial charge in [0.25, 0.3) is 0 Å². The molecule has 1 aliphatic heterocycles. The van der Waals surface area contributed by atoms with Crippen molar-refractivity contribution in [1.82, 2.24) is 45.0 Å². The highest BCUT2D eigenvalue weighted by Crippen LogP contribution is 2.21. The summed E-state index contributed by atoms with van der Waals surface area (Å²) in [4.78, 5) is 0. The second-order valence-corrected chi connectivity index (χ2v) is 15.2. The Hall–Kier alpha value is -3.31. The lowest BCUT2D eigenvalue weighted by atomic mass is 10.0. The van der Waals surface area contributed by atoms with E-state index >= 15 is 0 Å². The van der Waals surface area contributed by atoms with E-state index in [0.717, 1.165) is 17.1 Å². The van der Waals surface area contributed by atoms with Crippen molar-refractivity contribution in [2.24, 2.45) is 16.3 Å². The molecule has 0 spiro atoms. The van der Waals surface area contributed by atoms with Crippen molar-refractivity contribution in [3.8, 4) is 0 Å². The zero-order chi connectivity index (χ0) is 37.2. The molecule has 272 valence electrons. The van der Waals surface area contributed by atoms with E-state index in [4.69, 9.17) is 0 Å². The number of nitrogens with zero attached hydrogens (tertiary/aromatic N) is 12. The van der Waals surface area contributed by atoms with Crippen molar-refractivity contribution in [2.75, 3.05) is 0 Å². The zero-order valence-electron chi connectivity index (χ0n) is 34.1. The molecule has 3 aromatic heterocycles. The number of hydrogen-bond donors (Lipinski definition) is 0. The lowest BCUT2D eigenvalue weighted by molar-refractivity contribution is -0.567. The minimum atomic E-state index is 0.299. The van der Waals surface area contributed by atoms with Gasteiger partial charge in [0.1, 0.15) is 11.3 Å². The van der Waals surface area contributed by atoms with Gasteiger partial charge in [-0.2, -0.15) is 0 Å². The normalized spacial score (nSPS) is 14.5. The van der Waals surface area contributed by atoms with Gasteiger partial charge in [-0.25, -0.2) is 14.0 Å². The van der Waals surface area contributed by atoms with Gasteiger partial charge in [-0.05, 0) is 93.9 Å². The van der Waals surface area contributed by atoms with Crippen LogP contribution in [0.3, 0.4) is 0 Å². The molecule has 0 fully saturated rings. The fourth-order valence-corrected chi connectivity index (χ4v) is 5.79. The Morgan fingerprint density at radius 3 is 1.12 bits per heavy atom. The van der Waals surface area contributed by atoms with Gasteiger partial charge >= 0.3 is 0 Å². The molecule has 0 aromatic carbocycles. The van der Waals surface area contributed by atoms with Crippen LogP contribution >= 0.6 is 0 Å². The Labute approximate surface area is 291 Å². The second kappa shape index (κ2) is 19.0. The molecular weight excluding hydrogens is 600 g/mol. The topological polar surface area (TPSA) is 120 Å². The van der Waals surface area contributed by atoms with Crippen LogP contribution in [-0.2, 0) is 0 Å². The third-order valence-electron chi connectivity index (χ3n) is 8.07. The summed E-state index contributed by atoms with van der Waals surface area (Å²) < 4.78 is 7.97.